The molecule has 0 unspecified atom stereocenters. The van der Waals surface area contributed by atoms with Crippen molar-refractivity contribution in [3.8, 4) is 0 Å². The second kappa shape index (κ2) is 7.04. The van der Waals surface area contributed by atoms with E-state index >= 15 is 0 Å². The molecule has 0 N–H and O–H groups in total. The van der Waals surface area contributed by atoms with Gasteiger partial charge in [-0.1, -0.05) is 12.1 Å². The Bertz CT molecular complexity index is 1150. The van der Waals surface area contributed by atoms with Crippen molar-refractivity contribution < 1.29 is 4.79 Å². The number of carbonyl (C=O) groups is 1. The number of carbonyl (C=O) groups excluding carboxylic acids is 1. The van der Waals surface area contributed by atoms with Crippen LogP contribution in [0, 0.1) is 6.92 Å². The van der Waals surface area contributed by atoms with E-state index in [4.69, 9.17) is 0 Å². The largest absolute Gasteiger partial charge is 0.336 e. The van der Waals surface area contributed by atoms with Crippen LogP contribution in [-0.4, -0.2) is 63.9 Å². The van der Waals surface area contributed by atoms with Crippen molar-refractivity contribution in [2.45, 2.75) is 13.3 Å². The molecular weight excluding hydrogens is 362 g/mol. The van der Waals surface area contributed by atoms with Crippen molar-refractivity contribution in [1.29, 1.82) is 0 Å². The molecule has 0 bridgehead atoms. The predicted molar refractivity (Wildman–Crippen MR) is 113 cm³/mol. The number of likely N-dealkylation sites (N-methyl/N-ethyl adjacent to an activating group) is 1. The summed E-state index contributed by atoms with van der Waals surface area (Å²) in [5.41, 5.74) is 6.90. The summed E-state index contributed by atoms with van der Waals surface area (Å²) in [5.74, 6) is 0.0717. The maximum atomic E-state index is 13.0. The Balaban J connectivity index is 1.49. The van der Waals surface area contributed by atoms with Crippen LogP contribution in [0.1, 0.15) is 32.9 Å². The fourth-order valence-electron chi connectivity index (χ4n) is 4.13. The van der Waals surface area contributed by atoms with Crippen LogP contribution in [0.2, 0.25) is 0 Å². The van der Waals surface area contributed by atoms with Gasteiger partial charge in [0.05, 0.1) is 16.8 Å². The fraction of sp³-hybridized carbons (Fsp3) is 0.304. The van der Waals surface area contributed by atoms with Gasteiger partial charge in [-0.15, -0.1) is 0 Å². The van der Waals surface area contributed by atoms with E-state index in [0.717, 1.165) is 71.6 Å². The lowest BCUT2D eigenvalue weighted by Gasteiger charge is -2.32. The van der Waals surface area contributed by atoms with Gasteiger partial charge in [0.15, 0.2) is 0 Å². The summed E-state index contributed by atoms with van der Waals surface area (Å²) in [4.78, 5) is 30.5. The average molecular weight is 385 g/mol. The van der Waals surface area contributed by atoms with Crippen LogP contribution in [0.25, 0.3) is 16.5 Å². The SMILES string of the molecule is Cc1ncnc2ccc(C3=CCc4ncc(C(=O)N5CCN(C)CC5)cc43)cc12. The van der Waals surface area contributed by atoms with Crippen LogP contribution in [0.15, 0.2) is 42.9 Å². The quantitative estimate of drug-likeness (QED) is 0.679. The molecule has 3 aromatic rings. The molecule has 2 aromatic heterocycles. The summed E-state index contributed by atoms with van der Waals surface area (Å²) >= 11 is 0. The highest BCUT2D eigenvalue weighted by molar-refractivity contribution is 5.97. The monoisotopic (exact) mass is 385 g/mol. The molecule has 5 rings (SSSR count). The van der Waals surface area contributed by atoms with E-state index in [2.05, 4.69) is 45.1 Å². The van der Waals surface area contributed by atoms with E-state index < -0.39 is 0 Å². The Kier molecular flexibility index (Phi) is 4.36. The van der Waals surface area contributed by atoms with Crippen LogP contribution < -0.4 is 0 Å². The van der Waals surface area contributed by atoms with Crippen LogP contribution in [0.4, 0.5) is 0 Å². The van der Waals surface area contributed by atoms with Crippen molar-refractivity contribution in [3.05, 3.63) is 70.9 Å². The molecule has 1 saturated heterocycles. The second-order valence-corrected chi connectivity index (χ2v) is 7.83. The number of allylic oxidation sites excluding steroid dienone is 1. The van der Waals surface area contributed by atoms with E-state index in [0.29, 0.717) is 5.56 Å². The summed E-state index contributed by atoms with van der Waals surface area (Å²) in [7, 11) is 2.09. The number of rotatable bonds is 2. The maximum Gasteiger partial charge on any atom is 0.255 e. The number of piperazine rings is 1. The Morgan fingerprint density at radius 1 is 1.03 bits per heavy atom. The number of pyridine rings is 1. The van der Waals surface area contributed by atoms with Gasteiger partial charge in [0.25, 0.3) is 5.91 Å². The molecule has 6 heteroatoms. The van der Waals surface area contributed by atoms with Crippen molar-refractivity contribution in [2.75, 3.05) is 33.2 Å². The van der Waals surface area contributed by atoms with Gasteiger partial charge in [0, 0.05) is 55.4 Å². The smallest absolute Gasteiger partial charge is 0.255 e. The average Bonchev–Trinajstić information content (AvgIpc) is 3.17. The van der Waals surface area contributed by atoms with Crippen LogP contribution >= 0.6 is 0 Å². The first kappa shape index (κ1) is 17.9. The lowest BCUT2D eigenvalue weighted by Crippen LogP contribution is -2.47. The third kappa shape index (κ3) is 3.19. The zero-order valence-electron chi connectivity index (χ0n) is 16.7. The maximum absolute atomic E-state index is 13.0. The van der Waals surface area contributed by atoms with Crippen molar-refractivity contribution in [2.24, 2.45) is 0 Å². The van der Waals surface area contributed by atoms with Gasteiger partial charge >= 0.3 is 0 Å². The van der Waals surface area contributed by atoms with E-state index in [1.54, 1.807) is 12.5 Å². The van der Waals surface area contributed by atoms with E-state index in [9.17, 15) is 4.79 Å². The summed E-state index contributed by atoms with van der Waals surface area (Å²) in [5, 5.41) is 1.05. The minimum Gasteiger partial charge on any atom is -0.336 e. The van der Waals surface area contributed by atoms with Gasteiger partial charge in [-0.05, 0) is 43.3 Å². The zero-order chi connectivity index (χ0) is 20.0. The number of hydrogen-bond acceptors (Lipinski definition) is 5. The summed E-state index contributed by atoms with van der Waals surface area (Å²) in [6, 6.07) is 8.27. The highest BCUT2D eigenvalue weighted by Gasteiger charge is 2.24. The molecule has 1 aliphatic carbocycles. The molecule has 2 aliphatic rings. The first-order chi connectivity index (χ1) is 14.1. The van der Waals surface area contributed by atoms with Gasteiger partial charge in [0.2, 0.25) is 0 Å². The summed E-state index contributed by atoms with van der Waals surface area (Å²) < 4.78 is 0. The van der Waals surface area contributed by atoms with E-state index in [-0.39, 0.29) is 5.91 Å². The molecule has 0 saturated carbocycles. The van der Waals surface area contributed by atoms with E-state index in [1.807, 2.05) is 24.0 Å². The molecule has 0 spiro atoms. The lowest BCUT2D eigenvalue weighted by atomic mass is 9.98. The molecule has 29 heavy (non-hydrogen) atoms. The predicted octanol–water partition coefficient (Wildman–Crippen LogP) is 2.71. The number of aryl methyl sites for hydroxylation is 1. The molecule has 6 nitrogen and oxygen atoms in total. The van der Waals surface area contributed by atoms with Crippen LogP contribution in [0.3, 0.4) is 0 Å². The summed E-state index contributed by atoms with van der Waals surface area (Å²) in [6.07, 6.45) is 6.31. The highest BCUT2D eigenvalue weighted by atomic mass is 16.2. The van der Waals surface area contributed by atoms with Crippen molar-refractivity contribution in [3.63, 3.8) is 0 Å². The first-order valence-electron chi connectivity index (χ1n) is 9.99. The normalized spacial score (nSPS) is 16.8. The van der Waals surface area contributed by atoms with Crippen molar-refractivity contribution in [1.82, 2.24) is 24.8 Å². The minimum atomic E-state index is 0.0717. The molecule has 1 fully saturated rings. The number of aromatic nitrogens is 3. The molecule has 1 aromatic carbocycles. The number of amides is 1. The molecular formula is C23H23N5O. The number of fused-ring (bicyclic) bond motifs is 2. The topological polar surface area (TPSA) is 62.2 Å². The van der Waals surface area contributed by atoms with Gasteiger partial charge in [-0.3, -0.25) is 9.78 Å². The van der Waals surface area contributed by atoms with Gasteiger partial charge in [-0.25, -0.2) is 9.97 Å². The second-order valence-electron chi connectivity index (χ2n) is 7.83. The third-order valence-corrected chi connectivity index (χ3v) is 5.94. The zero-order valence-corrected chi connectivity index (χ0v) is 16.7. The highest BCUT2D eigenvalue weighted by Crippen LogP contribution is 2.34. The molecule has 3 heterocycles. The van der Waals surface area contributed by atoms with Crippen molar-refractivity contribution >= 4 is 22.4 Å². The van der Waals surface area contributed by atoms with Gasteiger partial charge < -0.3 is 9.80 Å². The molecule has 1 amide bonds. The minimum absolute atomic E-state index is 0.0717. The van der Waals surface area contributed by atoms with Crippen LogP contribution in [0.5, 0.6) is 0 Å². The number of hydrogen-bond donors (Lipinski definition) is 0. The van der Waals surface area contributed by atoms with Gasteiger partial charge in [0.1, 0.15) is 6.33 Å². The Morgan fingerprint density at radius 3 is 2.69 bits per heavy atom. The molecule has 146 valence electrons. The van der Waals surface area contributed by atoms with E-state index in [1.165, 1.54) is 0 Å². The summed E-state index contributed by atoms with van der Waals surface area (Å²) in [6.45, 7) is 5.35. The Hall–Kier alpha value is -3.12. The third-order valence-electron chi connectivity index (χ3n) is 5.94. The number of benzene rings is 1. The molecule has 0 atom stereocenters. The molecule has 0 radical (unpaired) electrons. The first-order valence-corrected chi connectivity index (χ1v) is 9.99. The van der Waals surface area contributed by atoms with Gasteiger partial charge in [-0.2, -0.15) is 0 Å². The Morgan fingerprint density at radius 2 is 1.86 bits per heavy atom. The standard InChI is InChI=1S/C23H23N5O/c1-15-19-11-16(3-5-21(19)26-14-25-15)18-4-6-22-20(18)12-17(13-24-22)23(29)28-9-7-27(2)8-10-28/h3-5,11-14H,6-10H2,1-2H3. The fourth-order valence-corrected chi connectivity index (χ4v) is 4.13. The molecule has 1 aliphatic heterocycles. The Labute approximate surface area is 169 Å². The van der Waals surface area contributed by atoms with Crippen LogP contribution in [-0.2, 0) is 6.42 Å². The number of nitrogens with zero attached hydrogens (tertiary/aromatic N) is 5. The lowest BCUT2D eigenvalue weighted by molar-refractivity contribution is 0.0663.